The lowest BCUT2D eigenvalue weighted by Crippen LogP contribution is -2.42. The minimum Gasteiger partial charge on any atom is -0.466 e. The molecule has 1 saturated carbocycles. The molecule has 1 fully saturated rings. The van der Waals surface area contributed by atoms with E-state index in [2.05, 4.69) is 13.8 Å². The van der Waals surface area contributed by atoms with Gasteiger partial charge in [-0.05, 0) is 25.7 Å². The molecule has 1 aliphatic rings. The van der Waals surface area contributed by atoms with Crippen molar-refractivity contribution < 1.29 is 19.1 Å². The van der Waals surface area contributed by atoms with Crippen LogP contribution in [0.1, 0.15) is 41.0 Å². The molecule has 1 rings (SSSR count). The molecule has 4 heteroatoms. The monoisotopic (exact) mass is 254 g/mol. The van der Waals surface area contributed by atoms with Crippen molar-refractivity contribution >= 4 is 11.9 Å². The van der Waals surface area contributed by atoms with E-state index in [4.69, 9.17) is 9.47 Å². The van der Waals surface area contributed by atoms with E-state index in [-0.39, 0.29) is 23.3 Å². The number of allylic oxidation sites excluding steroid dienone is 1. The van der Waals surface area contributed by atoms with Gasteiger partial charge in [-0.3, -0.25) is 4.79 Å². The van der Waals surface area contributed by atoms with Gasteiger partial charge < -0.3 is 9.47 Å². The van der Waals surface area contributed by atoms with Gasteiger partial charge in [-0.2, -0.15) is 0 Å². The normalized spacial score (nSPS) is 23.9. The van der Waals surface area contributed by atoms with Gasteiger partial charge >= 0.3 is 11.9 Å². The van der Waals surface area contributed by atoms with Crippen molar-refractivity contribution in [1.82, 2.24) is 0 Å². The average molecular weight is 254 g/mol. The SMILES string of the molecule is CCOC(=O)/C(C)=C1\CC(COC(C)=O)C1(C)C. The second-order valence-electron chi connectivity index (χ2n) is 5.25. The second kappa shape index (κ2) is 5.55. The van der Waals surface area contributed by atoms with Crippen molar-refractivity contribution in [3.05, 3.63) is 11.1 Å². The van der Waals surface area contributed by atoms with Gasteiger partial charge in [-0.25, -0.2) is 4.79 Å². The van der Waals surface area contributed by atoms with Crippen LogP contribution < -0.4 is 0 Å². The number of hydrogen-bond acceptors (Lipinski definition) is 4. The predicted molar refractivity (Wildman–Crippen MR) is 67.9 cm³/mol. The summed E-state index contributed by atoms with van der Waals surface area (Å²) in [5, 5.41) is 0. The van der Waals surface area contributed by atoms with Crippen molar-refractivity contribution in [2.24, 2.45) is 11.3 Å². The number of hydrogen-bond donors (Lipinski definition) is 0. The standard InChI is InChI=1S/C14H22O4/c1-6-17-13(16)9(2)12-7-11(14(12,4)5)8-18-10(3)15/h11H,6-8H2,1-5H3/b12-9+. The molecule has 0 bridgehead atoms. The summed E-state index contributed by atoms with van der Waals surface area (Å²) in [6.07, 6.45) is 0.797. The Hall–Kier alpha value is -1.32. The first-order chi connectivity index (χ1) is 8.30. The molecule has 1 aliphatic carbocycles. The molecular formula is C14H22O4. The first-order valence-electron chi connectivity index (χ1n) is 6.31. The zero-order chi connectivity index (χ0) is 13.9. The minimum atomic E-state index is -0.259. The molecule has 102 valence electrons. The lowest BCUT2D eigenvalue weighted by Gasteiger charge is -2.47. The summed E-state index contributed by atoms with van der Waals surface area (Å²) >= 11 is 0. The van der Waals surface area contributed by atoms with Gasteiger partial charge in [-0.15, -0.1) is 0 Å². The van der Waals surface area contributed by atoms with E-state index in [0.29, 0.717) is 18.8 Å². The number of rotatable bonds is 4. The molecule has 0 aromatic heterocycles. The summed E-state index contributed by atoms with van der Waals surface area (Å²) in [7, 11) is 0. The smallest absolute Gasteiger partial charge is 0.333 e. The largest absolute Gasteiger partial charge is 0.466 e. The molecule has 18 heavy (non-hydrogen) atoms. The highest BCUT2D eigenvalue weighted by atomic mass is 16.5. The van der Waals surface area contributed by atoms with E-state index in [9.17, 15) is 9.59 Å². The van der Waals surface area contributed by atoms with Crippen LogP contribution in [0, 0.1) is 11.3 Å². The summed E-state index contributed by atoms with van der Waals surface area (Å²) in [6.45, 7) is 9.96. The van der Waals surface area contributed by atoms with Crippen molar-refractivity contribution in [2.75, 3.05) is 13.2 Å². The van der Waals surface area contributed by atoms with Crippen molar-refractivity contribution in [1.29, 1.82) is 0 Å². The van der Waals surface area contributed by atoms with Gasteiger partial charge in [0, 0.05) is 18.4 Å². The van der Waals surface area contributed by atoms with Gasteiger partial charge in [0.05, 0.1) is 13.2 Å². The Balaban J connectivity index is 2.70. The average Bonchev–Trinajstić information content (AvgIpc) is 2.27. The highest BCUT2D eigenvalue weighted by Gasteiger charge is 2.45. The van der Waals surface area contributed by atoms with E-state index >= 15 is 0 Å². The van der Waals surface area contributed by atoms with Crippen LogP contribution in [0.15, 0.2) is 11.1 Å². The Morgan fingerprint density at radius 3 is 2.33 bits per heavy atom. The number of ether oxygens (including phenoxy) is 2. The van der Waals surface area contributed by atoms with Crippen LogP contribution in [0.2, 0.25) is 0 Å². The molecular weight excluding hydrogens is 232 g/mol. The van der Waals surface area contributed by atoms with Crippen LogP contribution in [0.5, 0.6) is 0 Å². The Morgan fingerprint density at radius 1 is 1.28 bits per heavy atom. The fourth-order valence-corrected chi connectivity index (χ4v) is 2.36. The third kappa shape index (κ3) is 2.92. The minimum absolute atomic E-state index is 0.105. The highest BCUT2D eigenvalue weighted by molar-refractivity contribution is 5.89. The molecule has 0 radical (unpaired) electrons. The molecule has 1 unspecified atom stereocenters. The van der Waals surface area contributed by atoms with Gasteiger partial charge in [0.25, 0.3) is 0 Å². The van der Waals surface area contributed by atoms with E-state index in [0.717, 1.165) is 12.0 Å². The number of carbonyl (C=O) groups excluding carboxylic acids is 2. The molecule has 0 aromatic carbocycles. The first kappa shape index (κ1) is 14.7. The van der Waals surface area contributed by atoms with Crippen LogP contribution in [0.25, 0.3) is 0 Å². The lowest BCUT2D eigenvalue weighted by atomic mass is 9.57. The van der Waals surface area contributed by atoms with Crippen LogP contribution >= 0.6 is 0 Å². The molecule has 0 aliphatic heterocycles. The van der Waals surface area contributed by atoms with E-state index in [1.165, 1.54) is 6.92 Å². The molecule has 4 nitrogen and oxygen atoms in total. The third-order valence-electron chi connectivity index (χ3n) is 3.77. The number of esters is 2. The fraction of sp³-hybridized carbons (Fsp3) is 0.714. The van der Waals surface area contributed by atoms with Gasteiger partial charge in [0.2, 0.25) is 0 Å². The Kier molecular flexibility index (Phi) is 4.54. The quantitative estimate of drug-likeness (QED) is 0.571. The van der Waals surface area contributed by atoms with E-state index in [1.54, 1.807) is 13.8 Å². The Labute approximate surface area is 108 Å². The van der Waals surface area contributed by atoms with E-state index in [1.807, 2.05) is 0 Å². The van der Waals surface area contributed by atoms with E-state index < -0.39 is 0 Å². The Bertz CT molecular complexity index is 379. The maximum absolute atomic E-state index is 11.7. The third-order valence-corrected chi connectivity index (χ3v) is 3.77. The van der Waals surface area contributed by atoms with Gasteiger partial charge in [-0.1, -0.05) is 19.4 Å². The molecule has 0 saturated heterocycles. The highest BCUT2D eigenvalue weighted by Crippen LogP contribution is 2.52. The van der Waals surface area contributed by atoms with Crippen molar-refractivity contribution in [3.63, 3.8) is 0 Å². The van der Waals surface area contributed by atoms with Crippen LogP contribution in [-0.4, -0.2) is 25.2 Å². The van der Waals surface area contributed by atoms with Crippen LogP contribution in [0.4, 0.5) is 0 Å². The zero-order valence-electron chi connectivity index (χ0n) is 11.8. The summed E-state index contributed by atoms with van der Waals surface area (Å²) in [6, 6.07) is 0. The maximum Gasteiger partial charge on any atom is 0.333 e. The summed E-state index contributed by atoms with van der Waals surface area (Å²) in [5.41, 5.74) is 1.70. The summed E-state index contributed by atoms with van der Waals surface area (Å²) in [5.74, 6) is -0.224. The maximum atomic E-state index is 11.7. The molecule has 0 N–H and O–H groups in total. The second-order valence-corrected chi connectivity index (χ2v) is 5.25. The molecule has 0 heterocycles. The zero-order valence-corrected chi connectivity index (χ0v) is 11.8. The molecule has 0 spiro atoms. The predicted octanol–water partition coefficient (Wildman–Crippen LogP) is 2.48. The molecule has 1 atom stereocenters. The Morgan fingerprint density at radius 2 is 1.89 bits per heavy atom. The summed E-state index contributed by atoms with van der Waals surface area (Å²) < 4.78 is 10.0. The topological polar surface area (TPSA) is 52.6 Å². The van der Waals surface area contributed by atoms with Crippen LogP contribution in [-0.2, 0) is 19.1 Å². The molecule has 0 aromatic rings. The fourth-order valence-electron chi connectivity index (χ4n) is 2.36. The number of carbonyl (C=O) groups is 2. The van der Waals surface area contributed by atoms with Crippen molar-refractivity contribution in [3.8, 4) is 0 Å². The van der Waals surface area contributed by atoms with Crippen LogP contribution in [0.3, 0.4) is 0 Å². The lowest BCUT2D eigenvalue weighted by molar-refractivity contribution is -0.145. The molecule has 0 amide bonds. The van der Waals surface area contributed by atoms with Crippen molar-refractivity contribution in [2.45, 2.75) is 41.0 Å². The van der Waals surface area contributed by atoms with Gasteiger partial charge in [0.1, 0.15) is 0 Å². The van der Waals surface area contributed by atoms with Gasteiger partial charge in [0.15, 0.2) is 0 Å². The summed E-state index contributed by atoms with van der Waals surface area (Å²) in [4.78, 5) is 22.5. The first-order valence-corrected chi connectivity index (χ1v) is 6.31.